The number of hydrogen-bond acceptors (Lipinski definition) is 5. The molecule has 4 aromatic carbocycles. The number of imide groups is 1. The average molecular weight is 527 g/mol. The number of nitrogens with two attached hydrogens (primary N) is 1. The number of amides is 3. The third-order valence-electron chi connectivity index (χ3n) is 8.62. The summed E-state index contributed by atoms with van der Waals surface area (Å²) in [6, 6.07) is 30.1. The van der Waals surface area contributed by atoms with Crippen molar-refractivity contribution in [3.05, 3.63) is 130 Å². The van der Waals surface area contributed by atoms with Crippen molar-refractivity contribution >= 4 is 35.3 Å². The number of carbonyl (C=O) groups is 3. The minimum Gasteiger partial charge on any atom is -0.398 e. The highest BCUT2D eigenvalue weighted by atomic mass is 16.2. The highest BCUT2D eigenvalue weighted by Crippen LogP contribution is 2.63. The van der Waals surface area contributed by atoms with Gasteiger partial charge in [0.1, 0.15) is 0 Å². The van der Waals surface area contributed by atoms with Crippen LogP contribution in [0.3, 0.4) is 0 Å². The predicted molar refractivity (Wildman–Crippen MR) is 153 cm³/mol. The Bertz CT molecular complexity index is 1700. The summed E-state index contributed by atoms with van der Waals surface area (Å²) in [7, 11) is 0. The van der Waals surface area contributed by atoms with Crippen LogP contribution < -0.4 is 16.1 Å². The molecule has 3 aliphatic carbocycles. The third-order valence-corrected chi connectivity index (χ3v) is 8.62. The highest BCUT2D eigenvalue weighted by Gasteiger charge is 2.68. The first-order chi connectivity index (χ1) is 19.4. The normalized spacial score (nSPS) is 24.1. The SMILES string of the molecule is Cc1ccc(N2C(=O)[C@@H]3C4c5ccccc5C(/C=N\NC(=O)c5ccccc5N)(c5ccccc54)[C@@H]3C2=O)cc1. The molecule has 0 unspecified atom stereocenters. The number of nitrogen functional groups attached to an aromatic ring is 1. The van der Waals surface area contributed by atoms with Crippen LogP contribution in [0.1, 0.15) is 44.1 Å². The number of rotatable bonds is 4. The van der Waals surface area contributed by atoms with E-state index in [2.05, 4.69) is 10.5 Å². The second-order valence-corrected chi connectivity index (χ2v) is 10.7. The Balaban J connectivity index is 1.41. The number of nitrogens with zero attached hydrogens (tertiary/aromatic N) is 2. The summed E-state index contributed by atoms with van der Waals surface area (Å²) in [5.74, 6) is -2.53. The van der Waals surface area contributed by atoms with E-state index in [0.29, 0.717) is 16.9 Å². The van der Waals surface area contributed by atoms with Gasteiger partial charge in [-0.05, 0) is 53.4 Å². The Hall–Kier alpha value is -5.04. The molecular weight excluding hydrogens is 500 g/mol. The minimum atomic E-state index is -1.06. The number of hydrazone groups is 1. The first kappa shape index (κ1) is 24.0. The summed E-state index contributed by atoms with van der Waals surface area (Å²) in [6.07, 6.45) is 1.65. The summed E-state index contributed by atoms with van der Waals surface area (Å²) >= 11 is 0. The maximum absolute atomic E-state index is 14.4. The molecule has 0 saturated carbocycles. The van der Waals surface area contributed by atoms with Crippen LogP contribution in [0.15, 0.2) is 102 Å². The first-order valence-electron chi connectivity index (χ1n) is 13.3. The number of carbonyl (C=O) groups excluding carboxylic acids is 3. The van der Waals surface area contributed by atoms with Crippen molar-refractivity contribution in [3.8, 4) is 0 Å². The van der Waals surface area contributed by atoms with E-state index in [0.717, 1.165) is 27.8 Å². The van der Waals surface area contributed by atoms with Crippen LogP contribution in [-0.2, 0) is 15.0 Å². The lowest BCUT2D eigenvalue weighted by molar-refractivity contribution is -0.122. The van der Waals surface area contributed by atoms with Crippen LogP contribution in [-0.4, -0.2) is 23.9 Å². The standard InChI is InChI=1S/C33H26N4O3/c1-19-14-16-20(17-15-19)37-31(39)28-27-21-8-2-5-11-24(21)33(29(28)32(37)40,25-12-6-3-9-22(25)27)18-35-36-30(38)23-10-4-7-13-26(23)34/h2-18,27-29H,34H2,1H3,(H,36,38)/b35-18-/t27?,28-,29+,33?/m1/s1. The maximum atomic E-state index is 14.4. The summed E-state index contributed by atoms with van der Waals surface area (Å²) in [5, 5.41) is 4.44. The summed E-state index contributed by atoms with van der Waals surface area (Å²) in [6.45, 7) is 1.97. The molecule has 2 bridgehead atoms. The molecule has 0 aromatic heterocycles. The smallest absolute Gasteiger partial charge is 0.273 e. The van der Waals surface area contributed by atoms with E-state index >= 15 is 0 Å². The molecule has 1 heterocycles. The lowest BCUT2D eigenvalue weighted by atomic mass is 9.47. The van der Waals surface area contributed by atoms with E-state index in [1.807, 2.05) is 79.7 Å². The van der Waals surface area contributed by atoms with Gasteiger partial charge >= 0.3 is 0 Å². The zero-order chi connectivity index (χ0) is 27.6. The number of anilines is 2. The predicted octanol–water partition coefficient (Wildman–Crippen LogP) is 4.54. The van der Waals surface area contributed by atoms with Gasteiger partial charge in [-0.1, -0.05) is 78.4 Å². The van der Waals surface area contributed by atoms with Crippen molar-refractivity contribution < 1.29 is 14.4 Å². The highest BCUT2D eigenvalue weighted by molar-refractivity contribution is 6.25. The molecule has 4 aromatic rings. The molecule has 1 fully saturated rings. The fourth-order valence-corrected chi connectivity index (χ4v) is 6.95. The van der Waals surface area contributed by atoms with Gasteiger partial charge in [0.05, 0.1) is 28.5 Å². The van der Waals surface area contributed by atoms with E-state index in [9.17, 15) is 14.4 Å². The minimum absolute atomic E-state index is 0.216. The number of hydrogen-bond donors (Lipinski definition) is 2. The average Bonchev–Trinajstić information content (AvgIpc) is 3.24. The van der Waals surface area contributed by atoms with Gasteiger partial charge in [0.25, 0.3) is 5.91 Å². The van der Waals surface area contributed by atoms with Crippen LogP contribution >= 0.6 is 0 Å². The molecular formula is C33H26N4O3. The summed E-state index contributed by atoms with van der Waals surface area (Å²) in [5.41, 5.74) is 13.6. The maximum Gasteiger partial charge on any atom is 0.273 e. The second-order valence-electron chi connectivity index (χ2n) is 10.7. The number of aryl methyl sites for hydroxylation is 1. The van der Waals surface area contributed by atoms with E-state index < -0.39 is 23.2 Å². The Morgan fingerprint density at radius 2 is 1.45 bits per heavy atom. The van der Waals surface area contributed by atoms with E-state index in [1.54, 1.807) is 30.5 Å². The summed E-state index contributed by atoms with van der Waals surface area (Å²) < 4.78 is 0. The third kappa shape index (κ3) is 3.18. The molecule has 196 valence electrons. The van der Waals surface area contributed by atoms with Gasteiger partial charge in [-0.15, -0.1) is 0 Å². The van der Waals surface area contributed by atoms with Crippen molar-refractivity contribution in [2.45, 2.75) is 18.3 Å². The van der Waals surface area contributed by atoms with E-state index in [4.69, 9.17) is 5.73 Å². The Morgan fingerprint density at radius 1 is 0.850 bits per heavy atom. The summed E-state index contributed by atoms with van der Waals surface area (Å²) in [4.78, 5) is 42.8. The molecule has 7 heteroatoms. The topological polar surface area (TPSA) is 105 Å². The van der Waals surface area contributed by atoms with Gasteiger partial charge in [-0.2, -0.15) is 5.10 Å². The van der Waals surface area contributed by atoms with E-state index in [-0.39, 0.29) is 17.7 Å². The van der Waals surface area contributed by atoms with Crippen LogP contribution in [0.4, 0.5) is 11.4 Å². The van der Waals surface area contributed by atoms with Crippen LogP contribution in [0.2, 0.25) is 0 Å². The Morgan fingerprint density at radius 3 is 2.10 bits per heavy atom. The van der Waals surface area contributed by atoms with Crippen LogP contribution in [0.25, 0.3) is 0 Å². The van der Waals surface area contributed by atoms with Crippen molar-refractivity contribution in [2.75, 3.05) is 10.6 Å². The Kier molecular flexibility index (Phi) is 5.25. The molecule has 3 N–H and O–H groups in total. The van der Waals surface area contributed by atoms with Gasteiger partial charge in [0.2, 0.25) is 11.8 Å². The lowest BCUT2D eigenvalue weighted by Gasteiger charge is -2.52. The fraction of sp³-hybridized carbons (Fsp3) is 0.152. The molecule has 8 rings (SSSR count). The van der Waals surface area contributed by atoms with Crippen molar-refractivity contribution in [1.82, 2.24) is 5.43 Å². The largest absolute Gasteiger partial charge is 0.398 e. The molecule has 0 radical (unpaired) electrons. The number of nitrogens with one attached hydrogen (secondary N) is 1. The lowest BCUT2D eigenvalue weighted by Crippen LogP contribution is -2.54. The zero-order valence-corrected chi connectivity index (χ0v) is 21.7. The molecule has 0 spiro atoms. The molecule has 40 heavy (non-hydrogen) atoms. The molecule has 1 saturated heterocycles. The van der Waals surface area contributed by atoms with Gasteiger partial charge < -0.3 is 5.73 Å². The molecule has 4 aliphatic rings. The van der Waals surface area contributed by atoms with Crippen molar-refractivity contribution in [2.24, 2.45) is 16.9 Å². The van der Waals surface area contributed by atoms with Gasteiger partial charge in [0.15, 0.2) is 0 Å². The van der Waals surface area contributed by atoms with E-state index in [1.165, 1.54) is 4.90 Å². The second kappa shape index (κ2) is 8.74. The molecule has 3 amide bonds. The zero-order valence-electron chi connectivity index (χ0n) is 21.7. The van der Waals surface area contributed by atoms with Crippen molar-refractivity contribution in [3.63, 3.8) is 0 Å². The van der Waals surface area contributed by atoms with Gasteiger partial charge in [0, 0.05) is 17.8 Å². The Labute approximate surface area is 231 Å². The fourth-order valence-electron chi connectivity index (χ4n) is 6.95. The molecule has 7 nitrogen and oxygen atoms in total. The van der Waals surface area contributed by atoms with Gasteiger partial charge in [-0.25, -0.2) is 10.3 Å². The quantitative estimate of drug-likeness (QED) is 0.176. The number of para-hydroxylation sites is 1. The first-order valence-corrected chi connectivity index (χ1v) is 13.3. The van der Waals surface area contributed by atoms with Crippen LogP contribution in [0, 0.1) is 18.8 Å². The monoisotopic (exact) mass is 526 g/mol. The molecule has 1 aliphatic heterocycles. The van der Waals surface area contributed by atoms with Crippen LogP contribution in [0.5, 0.6) is 0 Å². The number of benzene rings is 4. The van der Waals surface area contributed by atoms with Crippen molar-refractivity contribution in [1.29, 1.82) is 0 Å². The van der Waals surface area contributed by atoms with Gasteiger partial charge in [-0.3, -0.25) is 14.4 Å². The molecule has 2 atom stereocenters.